The third-order valence-corrected chi connectivity index (χ3v) is 5.66. The van der Waals surface area contributed by atoms with Crippen LogP contribution in [-0.2, 0) is 0 Å². The Labute approximate surface area is 167 Å². The number of piperazine rings is 1. The summed E-state index contributed by atoms with van der Waals surface area (Å²) in [6, 6.07) is 12.1. The van der Waals surface area contributed by atoms with Crippen molar-refractivity contribution in [2.75, 3.05) is 44.2 Å². The van der Waals surface area contributed by atoms with E-state index in [1.54, 1.807) is 0 Å². The molecule has 27 heavy (non-hydrogen) atoms. The van der Waals surface area contributed by atoms with E-state index < -0.39 is 6.10 Å². The summed E-state index contributed by atoms with van der Waals surface area (Å²) in [7, 11) is 0. The van der Waals surface area contributed by atoms with Crippen LogP contribution in [0.4, 0.5) is 5.69 Å². The number of nitrogens with one attached hydrogen (secondary N) is 1. The first kappa shape index (κ1) is 20.0. The van der Waals surface area contributed by atoms with Gasteiger partial charge in [-0.15, -0.1) is 0 Å². The van der Waals surface area contributed by atoms with E-state index in [1.807, 2.05) is 24.3 Å². The topological polar surface area (TPSA) is 37.1 Å². The number of ether oxygens (including phenoxy) is 1. The quantitative estimate of drug-likeness (QED) is 0.796. The van der Waals surface area contributed by atoms with Gasteiger partial charge in [-0.3, -0.25) is 0 Å². The molecule has 3 rings (SSSR count). The van der Waals surface area contributed by atoms with Gasteiger partial charge in [-0.25, -0.2) is 0 Å². The van der Waals surface area contributed by atoms with E-state index in [9.17, 15) is 5.11 Å². The number of benzene rings is 2. The number of halogens is 1. The van der Waals surface area contributed by atoms with Crippen molar-refractivity contribution in [2.45, 2.75) is 26.9 Å². The molecule has 0 bridgehead atoms. The van der Waals surface area contributed by atoms with Gasteiger partial charge in [0.05, 0.1) is 26.2 Å². The molecule has 1 atom stereocenters. The molecule has 1 saturated heterocycles. The van der Waals surface area contributed by atoms with Gasteiger partial charge in [0.25, 0.3) is 0 Å². The van der Waals surface area contributed by atoms with Gasteiger partial charge < -0.3 is 19.6 Å². The molecule has 0 unspecified atom stereocenters. The second-order valence-electron chi connectivity index (χ2n) is 7.58. The Morgan fingerprint density at radius 1 is 1.04 bits per heavy atom. The molecule has 1 aliphatic heterocycles. The average molecular weight is 390 g/mol. The Hall–Kier alpha value is -1.75. The number of hydrogen-bond donors (Lipinski definition) is 2. The highest BCUT2D eigenvalue weighted by molar-refractivity contribution is 6.30. The summed E-state index contributed by atoms with van der Waals surface area (Å²) in [5.74, 6) is 0.827. The summed E-state index contributed by atoms with van der Waals surface area (Å²) < 4.78 is 5.78. The summed E-state index contributed by atoms with van der Waals surface area (Å²) in [4.78, 5) is 3.81. The van der Waals surface area contributed by atoms with Crippen molar-refractivity contribution < 1.29 is 14.7 Å². The van der Waals surface area contributed by atoms with E-state index in [0.717, 1.165) is 37.0 Å². The van der Waals surface area contributed by atoms with Gasteiger partial charge in [0.2, 0.25) is 0 Å². The molecule has 0 aliphatic carbocycles. The van der Waals surface area contributed by atoms with Gasteiger partial charge in [0.15, 0.2) is 0 Å². The van der Waals surface area contributed by atoms with E-state index >= 15 is 0 Å². The van der Waals surface area contributed by atoms with Crippen molar-refractivity contribution in [3.05, 3.63) is 58.1 Å². The van der Waals surface area contributed by atoms with Gasteiger partial charge in [-0.2, -0.15) is 0 Å². The van der Waals surface area contributed by atoms with Gasteiger partial charge in [0, 0.05) is 10.7 Å². The smallest absolute Gasteiger partial charge is 0.137 e. The largest absolute Gasteiger partial charge is 0.491 e. The van der Waals surface area contributed by atoms with Crippen LogP contribution in [-0.4, -0.2) is 50.5 Å². The molecule has 0 radical (unpaired) electrons. The Morgan fingerprint density at radius 2 is 1.74 bits per heavy atom. The number of aliphatic hydroxyl groups is 1. The monoisotopic (exact) mass is 389 g/mol. The summed E-state index contributed by atoms with van der Waals surface area (Å²) in [5, 5.41) is 11.2. The molecule has 146 valence electrons. The molecule has 0 amide bonds. The van der Waals surface area contributed by atoms with Crippen LogP contribution < -0.4 is 14.5 Å². The van der Waals surface area contributed by atoms with Crippen molar-refractivity contribution in [1.82, 2.24) is 0 Å². The molecular formula is C22H30ClN2O2+. The third-order valence-electron chi connectivity index (χ3n) is 5.43. The van der Waals surface area contributed by atoms with Crippen molar-refractivity contribution in [2.24, 2.45) is 0 Å². The zero-order valence-electron chi connectivity index (χ0n) is 16.5. The second kappa shape index (κ2) is 8.96. The minimum absolute atomic E-state index is 0.336. The molecule has 0 saturated carbocycles. The van der Waals surface area contributed by atoms with E-state index in [0.29, 0.717) is 13.2 Å². The third kappa shape index (κ3) is 5.38. The van der Waals surface area contributed by atoms with Crippen LogP contribution in [0, 0.1) is 20.8 Å². The van der Waals surface area contributed by atoms with E-state index in [1.165, 1.54) is 27.3 Å². The molecule has 5 heteroatoms. The number of quaternary nitrogens is 1. The lowest BCUT2D eigenvalue weighted by molar-refractivity contribution is -0.903. The lowest BCUT2D eigenvalue weighted by Gasteiger charge is -2.35. The molecule has 2 aromatic carbocycles. The summed E-state index contributed by atoms with van der Waals surface area (Å²) >= 11 is 6.16. The second-order valence-corrected chi connectivity index (χ2v) is 8.02. The van der Waals surface area contributed by atoms with Gasteiger partial charge >= 0.3 is 0 Å². The fourth-order valence-electron chi connectivity index (χ4n) is 3.58. The molecular weight excluding hydrogens is 360 g/mol. The average Bonchev–Trinajstić information content (AvgIpc) is 2.65. The van der Waals surface area contributed by atoms with Crippen LogP contribution >= 0.6 is 11.6 Å². The number of aliphatic hydroxyl groups excluding tert-OH is 1. The van der Waals surface area contributed by atoms with Gasteiger partial charge in [0.1, 0.15) is 25.0 Å². The van der Waals surface area contributed by atoms with E-state index in [4.69, 9.17) is 16.3 Å². The van der Waals surface area contributed by atoms with Gasteiger partial charge in [-0.1, -0.05) is 23.7 Å². The predicted molar refractivity (Wildman–Crippen MR) is 111 cm³/mol. The Kier molecular flexibility index (Phi) is 6.64. The molecule has 0 spiro atoms. The van der Waals surface area contributed by atoms with Gasteiger partial charge in [-0.05, 0) is 61.7 Å². The maximum Gasteiger partial charge on any atom is 0.137 e. The lowest BCUT2D eigenvalue weighted by atomic mass is 10.1. The number of nitrogens with zero attached hydrogens (tertiary/aromatic N) is 1. The summed E-state index contributed by atoms with van der Waals surface area (Å²) in [6.45, 7) is 11.3. The summed E-state index contributed by atoms with van der Waals surface area (Å²) in [6.07, 6.45) is -0.457. The predicted octanol–water partition coefficient (Wildman–Crippen LogP) is 2.41. The highest BCUT2D eigenvalue weighted by atomic mass is 35.5. The minimum atomic E-state index is -0.457. The summed E-state index contributed by atoms with van der Waals surface area (Å²) in [5.41, 5.74) is 4.94. The zero-order valence-corrected chi connectivity index (χ0v) is 17.2. The zero-order chi connectivity index (χ0) is 19.4. The first-order valence-electron chi connectivity index (χ1n) is 9.65. The lowest BCUT2D eigenvalue weighted by Crippen LogP contribution is -3.16. The van der Waals surface area contributed by atoms with Crippen LogP contribution in [0.15, 0.2) is 36.4 Å². The standard InChI is InChI=1S/C22H29ClN2O2/c1-16-5-7-21(12-18(16)3)27-15-20(26)14-24-8-10-25(11-9-24)22-13-19(23)6-4-17(22)2/h4-7,12-13,20,26H,8-11,14-15H2,1-3H3/p+1/t20-/m0/s1. The number of anilines is 1. The van der Waals surface area contributed by atoms with Crippen molar-refractivity contribution in [1.29, 1.82) is 0 Å². The van der Waals surface area contributed by atoms with Crippen LogP contribution in [0.25, 0.3) is 0 Å². The SMILES string of the molecule is Cc1ccc(OC[C@@H](O)C[NH+]2CCN(c3cc(Cl)ccc3C)CC2)cc1C. The van der Waals surface area contributed by atoms with Crippen LogP contribution in [0.5, 0.6) is 5.75 Å². The first-order valence-corrected chi connectivity index (χ1v) is 10.0. The molecule has 4 nitrogen and oxygen atoms in total. The maximum absolute atomic E-state index is 10.4. The van der Waals surface area contributed by atoms with Crippen LogP contribution in [0.3, 0.4) is 0 Å². The fourth-order valence-corrected chi connectivity index (χ4v) is 3.75. The number of rotatable bonds is 6. The molecule has 2 N–H and O–H groups in total. The van der Waals surface area contributed by atoms with Crippen LogP contribution in [0.2, 0.25) is 5.02 Å². The molecule has 1 aliphatic rings. The highest BCUT2D eigenvalue weighted by Gasteiger charge is 2.23. The first-order chi connectivity index (χ1) is 12.9. The van der Waals surface area contributed by atoms with Crippen molar-refractivity contribution >= 4 is 17.3 Å². The molecule has 2 aromatic rings. The Bertz CT molecular complexity index is 773. The van der Waals surface area contributed by atoms with E-state index in [-0.39, 0.29) is 0 Å². The molecule has 1 heterocycles. The van der Waals surface area contributed by atoms with Crippen LogP contribution in [0.1, 0.15) is 16.7 Å². The molecule has 1 fully saturated rings. The Morgan fingerprint density at radius 3 is 2.44 bits per heavy atom. The molecule has 0 aromatic heterocycles. The Balaban J connectivity index is 1.45. The maximum atomic E-state index is 10.4. The normalized spacial score (nSPS) is 16.4. The number of aryl methyl sites for hydroxylation is 3. The van der Waals surface area contributed by atoms with Crippen molar-refractivity contribution in [3.63, 3.8) is 0 Å². The number of hydrogen-bond acceptors (Lipinski definition) is 3. The fraction of sp³-hybridized carbons (Fsp3) is 0.455. The van der Waals surface area contributed by atoms with Crippen molar-refractivity contribution in [3.8, 4) is 5.75 Å². The minimum Gasteiger partial charge on any atom is -0.491 e. The van der Waals surface area contributed by atoms with E-state index in [2.05, 4.69) is 37.8 Å². The highest BCUT2D eigenvalue weighted by Crippen LogP contribution is 2.24.